The van der Waals surface area contributed by atoms with Crippen molar-refractivity contribution in [1.29, 1.82) is 0 Å². The van der Waals surface area contributed by atoms with E-state index in [0.29, 0.717) is 5.46 Å². The van der Waals surface area contributed by atoms with Gasteiger partial charge in [0, 0.05) is 0 Å². The predicted octanol–water partition coefficient (Wildman–Crippen LogP) is 1.29. The fraction of sp³-hybridized carbons (Fsp3) is 0.545. The van der Waals surface area contributed by atoms with E-state index in [0.717, 1.165) is 0 Å². The molecular weight excluding hydrogens is 235 g/mol. The maximum atomic E-state index is 10.9. The lowest BCUT2D eigenvalue weighted by molar-refractivity contribution is -0.388. The van der Waals surface area contributed by atoms with E-state index in [4.69, 9.17) is 9.31 Å². The highest BCUT2D eigenvalue weighted by Crippen LogP contribution is 2.36. The summed E-state index contributed by atoms with van der Waals surface area (Å²) in [5, 5.41) is 10.9. The molecule has 2 rings (SSSR count). The standard InChI is InChI=1S/C11H15BN2O4/c1-10(2)11(3,4)18-12(17-10)8-6-5-7-13-9(8)14(15)16/h5-7H,1-4H3. The van der Waals surface area contributed by atoms with Crippen molar-refractivity contribution >= 4 is 18.4 Å². The number of nitro groups is 1. The van der Waals surface area contributed by atoms with E-state index in [1.54, 1.807) is 12.1 Å². The predicted molar refractivity (Wildman–Crippen MR) is 66.6 cm³/mol. The van der Waals surface area contributed by atoms with Gasteiger partial charge in [-0.2, -0.15) is 0 Å². The van der Waals surface area contributed by atoms with Crippen LogP contribution in [-0.2, 0) is 9.31 Å². The minimum Gasteiger partial charge on any atom is -0.399 e. The van der Waals surface area contributed by atoms with E-state index in [2.05, 4.69) is 4.98 Å². The molecule has 1 fully saturated rings. The molecule has 18 heavy (non-hydrogen) atoms. The number of pyridine rings is 1. The Morgan fingerprint density at radius 2 is 1.83 bits per heavy atom. The van der Waals surface area contributed by atoms with Gasteiger partial charge in [0.25, 0.3) is 0 Å². The average Bonchev–Trinajstić information content (AvgIpc) is 2.48. The quantitative estimate of drug-likeness (QED) is 0.449. The lowest BCUT2D eigenvalue weighted by Crippen LogP contribution is -2.41. The monoisotopic (exact) mass is 250 g/mol. The molecule has 0 amide bonds. The zero-order chi connectivity index (χ0) is 13.6. The topological polar surface area (TPSA) is 74.5 Å². The highest BCUT2D eigenvalue weighted by Gasteiger charge is 2.53. The molecule has 1 saturated heterocycles. The molecule has 0 spiro atoms. The lowest BCUT2D eigenvalue weighted by Gasteiger charge is -2.32. The van der Waals surface area contributed by atoms with Crippen LogP contribution in [0.2, 0.25) is 0 Å². The summed E-state index contributed by atoms with van der Waals surface area (Å²) in [7, 11) is -0.760. The van der Waals surface area contributed by atoms with Crippen molar-refractivity contribution in [3.05, 3.63) is 28.4 Å². The summed E-state index contributed by atoms with van der Waals surface area (Å²) in [6.45, 7) is 7.59. The molecule has 0 unspecified atom stereocenters. The molecule has 0 atom stereocenters. The smallest absolute Gasteiger partial charge is 0.399 e. The van der Waals surface area contributed by atoms with Crippen LogP contribution in [0.1, 0.15) is 27.7 Å². The molecule has 0 N–H and O–H groups in total. The minimum absolute atomic E-state index is 0.226. The lowest BCUT2D eigenvalue weighted by atomic mass is 9.79. The van der Waals surface area contributed by atoms with Gasteiger partial charge in [0.2, 0.25) is 0 Å². The maximum Gasteiger partial charge on any atom is 0.503 e. The molecule has 1 aromatic rings. The summed E-state index contributed by atoms with van der Waals surface area (Å²) in [4.78, 5) is 14.2. The molecule has 0 aliphatic carbocycles. The second-order valence-electron chi connectivity index (χ2n) is 5.26. The highest BCUT2D eigenvalue weighted by molar-refractivity contribution is 6.63. The first kappa shape index (κ1) is 13.0. The Kier molecular flexibility index (Phi) is 2.91. The molecule has 0 radical (unpaired) electrons. The van der Waals surface area contributed by atoms with Crippen molar-refractivity contribution in [2.45, 2.75) is 38.9 Å². The molecule has 96 valence electrons. The summed E-state index contributed by atoms with van der Waals surface area (Å²) in [5.74, 6) is -0.226. The fourth-order valence-corrected chi connectivity index (χ4v) is 1.72. The number of hydrogen-bond donors (Lipinski definition) is 0. The SMILES string of the molecule is CC1(C)OB(c2cccnc2[N+](=O)[O-])OC1(C)C. The van der Waals surface area contributed by atoms with Crippen LogP contribution in [0.3, 0.4) is 0 Å². The van der Waals surface area contributed by atoms with Crippen LogP contribution < -0.4 is 5.46 Å². The molecule has 0 bridgehead atoms. The Hall–Kier alpha value is -1.47. The third-order valence-corrected chi connectivity index (χ3v) is 3.50. The van der Waals surface area contributed by atoms with Gasteiger partial charge in [-0.1, -0.05) is 6.07 Å². The van der Waals surface area contributed by atoms with E-state index >= 15 is 0 Å². The van der Waals surface area contributed by atoms with Gasteiger partial charge in [0.15, 0.2) is 0 Å². The first-order valence-electron chi connectivity index (χ1n) is 5.69. The third-order valence-electron chi connectivity index (χ3n) is 3.50. The Bertz CT molecular complexity index is 474. The van der Waals surface area contributed by atoms with Crippen LogP contribution in [0.4, 0.5) is 5.82 Å². The Balaban J connectivity index is 2.38. The Labute approximate surface area is 106 Å². The molecule has 0 aromatic carbocycles. The highest BCUT2D eigenvalue weighted by atomic mass is 16.7. The minimum atomic E-state index is -0.760. The Morgan fingerprint density at radius 1 is 1.28 bits per heavy atom. The maximum absolute atomic E-state index is 10.9. The van der Waals surface area contributed by atoms with Gasteiger partial charge in [-0.05, 0) is 43.7 Å². The van der Waals surface area contributed by atoms with E-state index in [9.17, 15) is 10.1 Å². The Morgan fingerprint density at radius 3 is 2.33 bits per heavy atom. The zero-order valence-corrected chi connectivity index (χ0v) is 10.8. The molecule has 1 aromatic heterocycles. The van der Waals surface area contributed by atoms with E-state index in [-0.39, 0.29) is 5.82 Å². The third kappa shape index (κ3) is 1.99. The van der Waals surface area contributed by atoms with Gasteiger partial charge in [-0.3, -0.25) is 0 Å². The zero-order valence-electron chi connectivity index (χ0n) is 10.8. The van der Waals surface area contributed by atoms with Crippen LogP contribution in [0.5, 0.6) is 0 Å². The normalized spacial score (nSPS) is 21.0. The number of hydrogen-bond acceptors (Lipinski definition) is 5. The summed E-state index contributed by atoms with van der Waals surface area (Å²) in [6, 6.07) is 3.24. The molecular formula is C11H15BN2O4. The summed E-state index contributed by atoms with van der Waals surface area (Å²) in [6.07, 6.45) is 1.38. The number of nitrogens with zero attached hydrogens (tertiary/aromatic N) is 2. The molecule has 1 aliphatic heterocycles. The van der Waals surface area contributed by atoms with E-state index < -0.39 is 23.2 Å². The molecule has 7 heteroatoms. The molecule has 6 nitrogen and oxygen atoms in total. The van der Waals surface area contributed by atoms with Gasteiger partial charge in [0.1, 0.15) is 6.20 Å². The van der Waals surface area contributed by atoms with Crippen LogP contribution in [0, 0.1) is 10.1 Å². The van der Waals surface area contributed by atoms with Crippen molar-refractivity contribution in [2.24, 2.45) is 0 Å². The average molecular weight is 250 g/mol. The molecule has 0 saturated carbocycles. The van der Waals surface area contributed by atoms with Gasteiger partial charge in [0.05, 0.1) is 16.7 Å². The van der Waals surface area contributed by atoms with E-state index in [1.807, 2.05) is 27.7 Å². The summed E-state index contributed by atoms with van der Waals surface area (Å²) < 4.78 is 11.5. The van der Waals surface area contributed by atoms with Gasteiger partial charge in [-0.25, -0.2) is 0 Å². The fourth-order valence-electron chi connectivity index (χ4n) is 1.72. The van der Waals surface area contributed by atoms with Crippen LogP contribution in [0.25, 0.3) is 0 Å². The second kappa shape index (κ2) is 4.03. The van der Waals surface area contributed by atoms with Crippen LogP contribution in [0.15, 0.2) is 18.3 Å². The van der Waals surface area contributed by atoms with Crippen molar-refractivity contribution in [1.82, 2.24) is 4.98 Å². The second-order valence-corrected chi connectivity index (χ2v) is 5.26. The van der Waals surface area contributed by atoms with Gasteiger partial charge >= 0.3 is 12.9 Å². The molecule has 1 aliphatic rings. The summed E-state index contributed by atoms with van der Waals surface area (Å²) >= 11 is 0. The van der Waals surface area contributed by atoms with Crippen molar-refractivity contribution < 1.29 is 14.2 Å². The van der Waals surface area contributed by atoms with Crippen LogP contribution in [-0.4, -0.2) is 28.2 Å². The summed E-state index contributed by atoms with van der Waals surface area (Å²) in [5.41, 5.74) is -0.705. The van der Waals surface area contributed by atoms with Gasteiger partial charge < -0.3 is 19.4 Å². The largest absolute Gasteiger partial charge is 0.503 e. The number of aromatic nitrogens is 1. The van der Waals surface area contributed by atoms with Crippen molar-refractivity contribution in [3.8, 4) is 0 Å². The molecule has 2 heterocycles. The van der Waals surface area contributed by atoms with Crippen molar-refractivity contribution in [2.75, 3.05) is 0 Å². The van der Waals surface area contributed by atoms with E-state index in [1.165, 1.54) is 6.20 Å². The van der Waals surface area contributed by atoms with Crippen LogP contribution >= 0.6 is 0 Å². The van der Waals surface area contributed by atoms with Crippen molar-refractivity contribution in [3.63, 3.8) is 0 Å². The van der Waals surface area contributed by atoms with Gasteiger partial charge in [-0.15, -0.1) is 0 Å². The number of rotatable bonds is 2. The first-order valence-corrected chi connectivity index (χ1v) is 5.69. The first-order chi connectivity index (χ1) is 8.24.